The van der Waals surface area contributed by atoms with Crippen molar-refractivity contribution < 1.29 is 4.79 Å². The molecule has 4 rings (SSSR count). The van der Waals surface area contributed by atoms with Gasteiger partial charge in [0.1, 0.15) is 0 Å². The summed E-state index contributed by atoms with van der Waals surface area (Å²) in [7, 11) is 0. The predicted octanol–water partition coefficient (Wildman–Crippen LogP) is 5.01. The number of H-pyrrole nitrogens is 1. The summed E-state index contributed by atoms with van der Waals surface area (Å²) in [6.45, 7) is 3.72. The third-order valence-electron chi connectivity index (χ3n) is 5.35. The lowest BCUT2D eigenvalue weighted by atomic mass is 10.0. The fourth-order valence-corrected chi connectivity index (χ4v) is 3.84. The molecule has 2 heterocycles. The number of aromatic amines is 1. The maximum Gasteiger partial charge on any atom is 0.253 e. The van der Waals surface area contributed by atoms with Gasteiger partial charge in [-0.05, 0) is 47.4 Å². The fraction of sp³-hybridized carbons (Fsp3) is 0.304. The molecule has 4 heteroatoms. The standard InChI is InChI=1S/C23H25N3O/c1-2-3-4-6-17-7-5-8-18-15-19(9-10-21(17)18)23(27)26-14-12-20(16-26)22-11-13-24-25-22/h4-11,13,15,20H,2-3,12,14,16H2,1H3,(H,24,25)/b6-4+. The first-order valence-corrected chi connectivity index (χ1v) is 9.74. The molecule has 1 N–H and O–H groups in total. The highest BCUT2D eigenvalue weighted by Gasteiger charge is 2.28. The van der Waals surface area contributed by atoms with Crippen molar-refractivity contribution in [3.05, 3.63) is 71.6 Å². The third-order valence-corrected chi connectivity index (χ3v) is 5.35. The quantitative estimate of drug-likeness (QED) is 0.696. The van der Waals surface area contributed by atoms with Crippen LogP contribution in [0.1, 0.15) is 53.7 Å². The maximum absolute atomic E-state index is 13.0. The molecule has 1 saturated heterocycles. The average molecular weight is 359 g/mol. The van der Waals surface area contributed by atoms with Crippen molar-refractivity contribution in [3.63, 3.8) is 0 Å². The molecule has 0 saturated carbocycles. The lowest BCUT2D eigenvalue weighted by molar-refractivity contribution is 0.0791. The Labute approximate surface area is 159 Å². The van der Waals surface area contributed by atoms with Crippen molar-refractivity contribution in [3.8, 4) is 0 Å². The lowest BCUT2D eigenvalue weighted by Crippen LogP contribution is -2.28. The Morgan fingerprint density at radius 1 is 1.30 bits per heavy atom. The molecule has 2 aromatic carbocycles. The second kappa shape index (κ2) is 7.78. The molecule has 1 unspecified atom stereocenters. The van der Waals surface area contributed by atoms with E-state index in [4.69, 9.17) is 0 Å². The highest BCUT2D eigenvalue weighted by atomic mass is 16.2. The number of hydrogen-bond donors (Lipinski definition) is 1. The SMILES string of the molecule is CCC/C=C/c1cccc2cc(C(=O)N3CCC(c4ccn[nH]4)C3)ccc12. The average Bonchev–Trinajstić information content (AvgIpc) is 3.39. The van der Waals surface area contributed by atoms with E-state index in [0.29, 0.717) is 5.92 Å². The Balaban J connectivity index is 1.54. The maximum atomic E-state index is 13.0. The number of nitrogens with zero attached hydrogens (tertiary/aromatic N) is 2. The van der Waals surface area contributed by atoms with E-state index in [0.717, 1.165) is 49.0 Å². The van der Waals surface area contributed by atoms with Gasteiger partial charge in [0.15, 0.2) is 0 Å². The van der Waals surface area contributed by atoms with Gasteiger partial charge in [-0.2, -0.15) is 5.10 Å². The van der Waals surface area contributed by atoms with Crippen molar-refractivity contribution in [2.45, 2.75) is 32.1 Å². The monoisotopic (exact) mass is 359 g/mol. The Bertz CT molecular complexity index is 959. The molecule has 1 aliphatic rings. The molecule has 4 nitrogen and oxygen atoms in total. The number of allylic oxidation sites excluding steroid dienone is 1. The van der Waals surface area contributed by atoms with Crippen LogP contribution in [0.5, 0.6) is 0 Å². The molecule has 138 valence electrons. The Morgan fingerprint density at radius 2 is 2.22 bits per heavy atom. The van der Waals surface area contributed by atoms with E-state index in [2.05, 4.69) is 53.5 Å². The fourth-order valence-electron chi connectivity index (χ4n) is 3.84. The van der Waals surface area contributed by atoms with Gasteiger partial charge in [0, 0.05) is 36.5 Å². The van der Waals surface area contributed by atoms with E-state index in [-0.39, 0.29) is 5.91 Å². The zero-order chi connectivity index (χ0) is 18.6. The number of aromatic nitrogens is 2. The van der Waals surface area contributed by atoms with Gasteiger partial charge >= 0.3 is 0 Å². The molecule has 0 spiro atoms. The smallest absolute Gasteiger partial charge is 0.253 e. The number of hydrogen-bond acceptors (Lipinski definition) is 2. The molecule has 0 radical (unpaired) electrons. The van der Waals surface area contributed by atoms with Crippen molar-refractivity contribution in [1.29, 1.82) is 0 Å². The van der Waals surface area contributed by atoms with Gasteiger partial charge in [-0.25, -0.2) is 0 Å². The molecule has 1 fully saturated rings. The van der Waals surface area contributed by atoms with Gasteiger partial charge in [0.25, 0.3) is 5.91 Å². The Kier molecular flexibility index (Phi) is 5.05. The van der Waals surface area contributed by atoms with Gasteiger partial charge in [-0.1, -0.05) is 49.8 Å². The van der Waals surface area contributed by atoms with Crippen LogP contribution in [-0.4, -0.2) is 34.1 Å². The number of fused-ring (bicyclic) bond motifs is 1. The minimum Gasteiger partial charge on any atom is -0.338 e. The zero-order valence-corrected chi connectivity index (χ0v) is 15.7. The summed E-state index contributed by atoms with van der Waals surface area (Å²) in [5.41, 5.74) is 3.09. The van der Waals surface area contributed by atoms with Crippen LogP contribution in [-0.2, 0) is 0 Å². The van der Waals surface area contributed by atoms with Crippen molar-refractivity contribution >= 4 is 22.8 Å². The second-order valence-electron chi connectivity index (χ2n) is 7.22. The van der Waals surface area contributed by atoms with Crippen LogP contribution in [0.2, 0.25) is 0 Å². The van der Waals surface area contributed by atoms with Gasteiger partial charge in [-0.15, -0.1) is 0 Å². The van der Waals surface area contributed by atoms with Crippen molar-refractivity contribution in [2.24, 2.45) is 0 Å². The highest BCUT2D eigenvalue weighted by molar-refractivity contribution is 6.00. The number of unbranched alkanes of at least 4 members (excludes halogenated alkanes) is 1. The van der Waals surface area contributed by atoms with Crippen LogP contribution >= 0.6 is 0 Å². The first-order chi connectivity index (χ1) is 13.3. The van der Waals surface area contributed by atoms with Gasteiger partial charge in [-0.3, -0.25) is 9.89 Å². The summed E-state index contributed by atoms with van der Waals surface area (Å²) in [4.78, 5) is 14.9. The molecular formula is C23H25N3O. The first kappa shape index (κ1) is 17.5. The molecule has 0 aliphatic carbocycles. The van der Waals surface area contributed by atoms with Crippen LogP contribution < -0.4 is 0 Å². The highest BCUT2D eigenvalue weighted by Crippen LogP contribution is 2.28. The lowest BCUT2D eigenvalue weighted by Gasteiger charge is -2.17. The number of likely N-dealkylation sites (tertiary alicyclic amines) is 1. The van der Waals surface area contributed by atoms with Crippen LogP contribution in [0, 0.1) is 0 Å². The Morgan fingerprint density at radius 3 is 3.04 bits per heavy atom. The van der Waals surface area contributed by atoms with Crippen LogP contribution in [0.15, 0.2) is 54.7 Å². The third kappa shape index (κ3) is 3.65. The zero-order valence-electron chi connectivity index (χ0n) is 15.7. The largest absolute Gasteiger partial charge is 0.338 e. The number of amides is 1. The van der Waals surface area contributed by atoms with Gasteiger partial charge < -0.3 is 4.90 Å². The molecule has 1 aromatic heterocycles. The van der Waals surface area contributed by atoms with Crippen LogP contribution in [0.25, 0.3) is 16.8 Å². The summed E-state index contributed by atoms with van der Waals surface area (Å²) < 4.78 is 0. The van der Waals surface area contributed by atoms with Crippen molar-refractivity contribution in [2.75, 3.05) is 13.1 Å². The molecule has 1 atom stereocenters. The number of nitrogens with one attached hydrogen (secondary N) is 1. The predicted molar refractivity (Wildman–Crippen MR) is 110 cm³/mol. The van der Waals surface area contributed by atoms with Crippen LogP contribution in [0.3, 0.4) is 0 Å². The molecule has 3 aromatic rings. The van der Waals surface area contributed by atoms with E-state index in [9.17, 15) is 4.79 Å². The summed E-state index contributed by atoms with van der Waals surface area (Å²) in [5, 5.41) is 9.37. The molecule has 1 aliphatic heterocycles. The number of rotatable bonds is 5. The van der Waals surface area contributed by atoms with Crippen molar-refractivity contribution in [1.82, 2.24) is 15.1 Å². The minimum atomic E-state index is 0.117. The van der Waals surface area contributed by atoms with Gasteiger partial charge in [0.2, 0.25) is 0 Å². The molecular weight excluding hydrogens is 334 g/mol. The van der Waals surface area contributed by atoms with E-state index in [1.807, 2.05) is 23.1 Å². The number of benzene rings is 2. The molecule has 1 amide bonds. The number of carbonyl (C=O) groups excluding carboxylic acids is 1. The summed E-state index contributed by atoms with van der Waals surface area (Å²) >= 11 is 0. The summed E-state index contributed by atoms with van der Waals surface area (Å²) in [5.74, 6) is 0.470. The van der Waals surface area contributed by atoms with E-state index >= 15 is 0 Å². The van der Waals surface area contributed by atoms with E-state index < -0.39 is 0 Å². The minimum absolute atomic E-state index is 0.117. The normalized spacial score (nSPS) is 17.2. The topological polar surface area (TPSA) is 49.0 Å². The first-order valence-electron chi connectivity index (χ1n) is 9.74. The second-order valence-corrected chi connectivity index (χ2v) is 7.22. The van der Waals surface area contributed by atoms with Crippen LogP contribution in [0.4, 0.5) is 0 Å². The molecule has 0 bridgehead atoms. The van der Waals surface area contributed by atoms with E-state index in [1.165, 1.54) is 10.9 Å². The van der Waals surface area contributed by atoms with E-state index in [1.54, 1.807) is 6.20 Å². The summed E-state index contributed by atoms with van der Waals surface area (Å²) in [6.07, 6.45) is 9.38. The summed E-state index contributed by atoms with van der Waals surface area (Å²) in [6, 6.07) is 14.3. The Hall–Kier alpha value is -2.88. The number of carbonyl (C=O) groups is 1. The van der Waals surface area contributed by atoms with Gasteiger partial charge in [0.05, 0.1) is 0 Å². The molecule has 27 heavy (non-hydrogen) atoms.